The van der Waals surface area contributed by atoms with Gasteiger partial charge in [0.15, 0.2) is 0 Å². The normalized spacial score (nSPS) is 10.9. The summed E-state index contributed by atoms with van der Waals surface area (Å²) >= 11 is 0. The number of carbonyl (C=O) groups is 2. The van der Waals surface area contributed by atoms with Crippen LogP contribution >= 0.6 is 0 Å². The van der Waals surface area contributed by atoms with Crippen molar-refractivity contribution in [2.45, 2.75) is 13.5 Å². The van der Waals surface area contributed by atoms with Crippen LogP contribution in [0.25, 0.3) is 23.0 Å². The molecule has 0 aliphatic carbocycles. The summed E-state index contributed by atoms with van der Waals surface area (Å²) in [4.78, 5) is 26.0. The molecule has 35 heavy (non-hydrogen) atoms. The average molecular weight is 469 g/mol. The molecule has 2 amide bonds. The highest BCUT2D eigenvalue weighted by Crippen LogP contribution is 2.25. The van der Waals surface area contributed by atoms with Crippen LogP contribution in [0.3, 0.4) is 0 Å². The fourth-order valence-corrected chi connectivity index (χ4v) is 3.54. The third-order valence-corrected chi connectivity index (χ3v) is 5.52. The van der Waals surface area contributed by atoms with E-state index in [-0.39, 0.29) is 17.6 Å². The molecule has 4 aromatic rings. The van der Waals surface area contributed by atoms with Gasteiger partial charge in [0.25, 0.3) is 0 Å². The number of hydrogen-bond acceptors (Lipinski definition) is 3. The molecule has 3 aromatic carbocycles. The maximum atomic E-state index is 13.5. The van der Waals surface area contributed by atoms with E-state index < -0.39 is 0 Å². The minimum atomic E-state index is -0.332. The minimum Gasteiger partial charge on any atom is -0.342 e. The van der Waals surface area contributed by atoms with Gasteiger partial charge in [0.1, 0.15) is 5.82 Å². The van der Waals surface area contributed by atoms with Gasteiger partial charge in [-0.1, -0.05) is 36.4 Å². The van der Waals surface area contributed by atoms with Crippen LogP contribution in [-0.4, -0.2) is 33.5 Å². The number of rotatable bonds is 7. The van der Waals surface area contributed by atoms with E-state index in [1.54, 1.807) is 40.9 Å². The zero-order valence-corrected chi connectivity index (χ0v) is 19.5. The first-order chi connectivity index (χ1) is 16.9. The van der Waals surface area contributed by atoms with Crippen LogP contribution in [0, 0.1) is 5.82 Å². The van der Waals surface area contributed by atoms with Gasteiger partial charge in [0.2, 0.25) is 11.8 Å². The van der Waals surface area contributed by atoms with Gasteiger partial charge in [-0.05, 0) is 54.1 Å². The summed E-state index contributed by atoms with van der Waals surface area (Å²) in [5.41, 5.74) is 4.40. The van der Waals surface area contributed by atoms with Gasteiger partial charge in [-0.15, -0.1) is 0 Å². The van der Waals surface area contributed by atoms with Crippen molar-refractivity contribution < 1.29 is 14.0 Å². The molecule has 0 fully saturated rings. The number of hydrogen-bond donors (Lipinski definition) is 1. The maximum absolute atomic E-state index is 13.5. The van der Waals surface area contributed by atoms with Gasteiger partial charge >= 0.3 is 0 Å². The molecule has 1 heterocycles. The Bertz CT molecular complexity index is 1360. The van der Waals surface area contributed by atoms with Crippen LogP contribution in [-0.2, 0) is 16.1 Å². The van der Waals surface area contributed by atoms with Crippen LogP contribution in [0.15, 0.2) is 91.1 Å². The van der Waals surface area contributed by atoms with Crippen molar-refractivity contribution in [3.8, 4) is 16.9 Å². The second-order valence-corrected chi connectivity index (χ2v) is 8.07. The molecule has 0 saturated carbocycles. The van der Waals surface area contributed by atoms with Crippen molar-refractivity contribution >= 4 is 23.6 Å². The highest BCUT2D eigenvalue weighted by atomic mass is 19.1. The summed E-state index contributed by atoms with van der Waals surface area (Å²) in [5.74, 6) is -0.711. The molecule has 0 atom stereocenters. The highest BCUT2D eigenvalue weighted by Gasteiger charge is 2.12. The highest BCUT2D eigenvalue weighted by molar-refractivity contribution is 6.02. The molecule has 1 aromatic heterocycles. The SMILES string of the molecule is CC(=O)N(C)Cc1ccccc1NC(=O)/C=C/c1cn(-c2ccccc2)nc1-c1ccc(F)cc1. The molecular weight excluding hydrogens is 443 g/mol. The van der Waals surface area contributed by atoms with Gasteiger partial charge in [0.05, 0.1) is 11.4 Å². The Morgan fingerprint density at radius 2 is 1.69 bits per heavy atom. The number of benzene rings is 3. The molecule has 176 valence electrons. The quantitative estimate of drug-likeness (QED) is 0.374. The van der Waals surface area contributed by atoms with E-state index in [4.69, 9.17) is 0 Å². The minimum absolute atomic E-state index is 0.0604. The van der Waals surface area contributed by atoms with E-state index in [1.165, 1.54) is 25.1 Å². The third kappa shape index (κ3) is 5.89. The molecule has 6 nitrogen and oxygen atoms in total. The lowest BCUT2D eigenvalue weighted by Gasteiger charge is -2.17. The lowest BCUT2D eigenvalue weighted by Crippen LogP contribution is -2.24. The summed E-state index contributed by atoms with van der Waals surface area (Å²) in [6.07, 6.45) is 4.95. The fourth-order valence-electron chi connectivity index (χ4n) is 3.54. The fraction of sp³-hybridized carbons (Fsp3) is 0.107. The van der Waals surface area contributed by atoms with Crippen LogP contribution in [0.5, 0.6) is 0 Å². The molecule has 0 aliphatic rings. The Hall–Kier alpha value is -4.52. The molecule has 4 rings (SSSR count). The summed E-state index contributed by atoms with van der Waals surface area (Å²) in [5, 5.41) is 7.57. The van der Waals surface area contributed by atoms with Crippen LogP contribution in [0.4, 0.5) is 10.1 Å². The topological polar surface area (TPSA) is 67.2 Å². The molecule has 0 bridgehead atoms. The van der Waals surface area contributed by atoms with Crippen molar-refractivity contribution in [3.05, 3.63) is 108 Å². The molecule has 1 N–H and O–H groups in total. The van der Waals surface area contributed by atoms with Crippen molar-refractivity contribution in [2.75, 3.05) is 12.4 Å². The average Bonchev–Trinajstić information content (AvgIpc) is 3.29. The van der Waals surface area contributed by atoms with Crippen LogP contribution in [0.1, 0.15) is 18.1 Å². The van der Waals surface area contributed by atoms with Gasteiger partial charge in [0, 0.05) is 49.6 Å². The lowest BCUT2D eigenvalue weighted by atomic mass is 10.1. The summed E-state index contributed by atoms with van der Waals surface area (Å²) < 4.78 is 15.2. The molecule has 0 saturated heterocycles. The molecule has 0 aliphatic heterocycles. The van der Waals surface area contributed by atoms with Crippen LogP contribution < -0.4 is 5.32 Å². The van der Waals surface area contributed by atoms with Crippen molar-refractivity contribution in [1.82, 2.24) is 14.7 Å². The van der Waals surface area contributed by atoms with E-state index in [9.17, 15) is 14.0 Å². The van der Waals surface area contributed by atoms with Crippen molar-refractivity contribution in [3.63, 3.8) is 0 Å². The largest absolute Gasteiger partial charge is 0.342 e. The Balaban J connectivity index is 1.60. The predicted octanol–water partition coefficient (Wildman–Crippen LogP) is 5.31. The zero-order chi connectivity index (χ0) is 24.8. The van der Waals surface area contributed by atoms with Gasteiger partial charge < -0.3 is 10.2 Å². The Morgan fingerprint density at radius 1 is 1.00 bits per heavy atom. The number of nitrogens with zero attached hydrogens (tertiary/aromatic N) is 3. The third-order valence-electron chi connectivity index (χ3n) is 5.52. The molecule has 7 heteroatoms. The van der Waals surface area contributed by atoms with Crippen LogP contribution in [0.2, 0.25) is 0 Å². The number of aromatic nitrogens is 2. The smallest absolute Gasteiger partial charge is 0.248 e. The van der Waals surface area contributed by atoms with E-state index in [1.807, 2.05) is 54.7 Å². The van der Waals surface area contributed by atoms with Gasteiger partial charge in [-0.25, -0.2) is 9.07 Å². The van der Waals surface area contributed by atoms with E-state index in [2.05, 4.69) is 10.4 Å². The Labute approximate surface area is 203 Å². The number of para-hydroxylation sites is 2. The Kier molecular flexibility index (Phi) is 7.16. The number of carbonyl (C=O) groups excluding carboxylic acids is 2. The lowest BCUT2D eigenvalue weighted by molar-refractivity contribution is -0.128. The monoisotopic (exact) mass is 468 g/mol. The van der Waals surface area contributed by atoms with Gasteiger partial charge in [-0.2, -0.15) is 5.10 Å². The van der Waals surface area contributed by atoms with E-state index in [0.29, 0.717) is 23.5 Å². The molecule has 0 unspecified atom stereocenters. The summed E-state index contributed by atoms with van der Waals surface area (Å²) in [7, 11) is 1.71. The van der Waals surface area contributed by atoms with E-state index in [0.717, 1.165) is 16.8 Å². The van der Waals surface area contributed by atoms with Crippen molar-refractivity contribution in [2.24, 2.45) is 0 Å². The second kappa shape index (κ2) is 10.6. The molecular formula is C28H25FN4O2. The molecule has 0 radical (unpaired) electrons. The van der Waals surface area contributed by atoms with Gasteiger partial charge in [-0.3, -0.25) is 9.59 Å². The summed E-state index contributed by atoms with van der Waals surface area (Å²) in [6, 6.07) is 23.0. The number of amides is 2. The number of halogens is 1. The van der Waals surface area contributed by atoms with E-state index >= 15 is 0 Å². The maximum Gasteiger partial charge on any atom is 0.248 e. The summed E-state index contributed by atoms with van der Waals surface area (Å²) in [6.45, 7) is 1.88. The predicted molar refractivity (Wildman–Crippen MR) is 135 cm³/mol. The molecule has 0 spiro atoms. The second-order valence-electron chi connectivity index (χ2n) is 8.07. The number of anilines is 1. The number of nitrogens with one attached hydrogen (secondary N) is 1. The first-order valence-electron chi connectivity index (χ1n) is 11.1. The zero-order valence-electron chi connectivity index (χ0n) is 19.5. The Morgan fingerprint density at radius 3 is 2.40 bits per heavy atom. The standard InChI is InChI=1S/C28H25FN4O2/c1-20(34)32(2)18-22-8-6-7-11-26(22)30-27(35)17-14-23-19-33(25-9-4-3-5-10-25)31-28(23)21-12-15-24(29)16-13-21/h3-17,19H,18H2,1-2H3,(H,30,35)/b17-14+. The first kappa shape index (κ1) is 23.6. The first-order valence-corrected chi connectivity index (χ1v) is 11.1. The van der Waals surface area contributed by atoms with Crippen molar-refractivity contribution in [1.29, 1.82) is 0 Å².